The number of carbonyl (C=O) groups excluding carboxylic acids is 1. The lowest BCUT2D eigenvalue weighted by atomic mass is 10.1. The number of hydrogen-bond acceptors (Lipinski definition) is 6. The van der Waals surface area contributed by atoms with Crippen molar-refractivity contribution in [2.24, 2.45) is 10.9 Å². The van der Waals surface area contributed by atoms with Gasteiger partial charge in [0.2, 0.25) is 10.0 Å². The van der Waals surface area contributed by atoms with Gasteiger partial charge in [-0.1, -0.05) is 42.5 Å². The Balaban J connectivity index is 1.51. The lowest BCUT2D eigenvalue weighted by Gasteiger charge is -2.08. The fraction of sp³-hybridized carbons (Fsp3) is 0.200. The second kappa shape index (κ2) is 9.27. The molecule has 1 aromatic heterocycles. The highest BCUT2D eigenvalue weighted by Crippen LogP contribution is 2.20. The molecule has 7 nitrogen and oxygen atoms in total. The molecule has 5 N–H and O–H groups in total. The van der Waals surface area contributed by atoms with E-state index in [1.807, 2.05) is 30.3 Å². The van der Waals surface area contributed by atoms with Crippen LogP contribution in [0, 0.1) is 0 Å². The number of primary sulfonamides is 1. The van der Waals surface area contributed by atoms with E-state index >= 15 is 0 Å². The molecule has 1 heterocycles. The van der Waals surface area contributed by atoms with Crippen LogP contribution in [0.15, 0.2) is 64.9 Å². The lowest BCUT2D eigenvalue weighted by Crippen LogP contribution is -2.26. The molecule has 0 spiro atoms. The number of hydrogen-bond donors (Lipinski definition) is 3. The summed E-state index contributed by atoms with van der Waals surface area (Å²) in [6.45, 7) is 0.399. The fourth-order valence-corrected chi connectivity index (χ4v) is 4.09. The molecule has 0 saturated heterocycles. The summed E-state index contributed by atoms with van der Waals surface area (Å²) in [7, 11) is -3.70. The van der Waals surface area contributed by atoms with Crippen molar-refractivity contribution in [3.8, 4) is 0 Å². The van der Waals surface area contributed by atoms with Gasteiger partial charge in [0.15, 0.2) is 0 Å². The van der Waals surface area contributed by atoms with Gasteiger partial charge in [-0.15, -0.1) is 11.3 Å². The molecule has 0 bridgehead atoms. The Morgan fingerprint density at radius 1 is 1.07 bits per heavy atom. The Morgan fingerprint density at radius 3 is 2.41 bits per heavy atom. The molecule has 3 rings (SSSR count). The maximum absolute atomic E-state index is 12.3. The molecular formula is C20H22N4O3S2. The molecule has 3 aromatic rings. The van der Waals surface area contributed by atoms with Crippen LogP contribution < -0.4 is 16.2 Å². The number of nitrogens with one attached hydrogen (secondary N) is 1. The Labute approximate surface area is 173 Å². The van der Waals surface area contributed by atoms with Crippen LogP contribution in [0.2, 0.25) is 0 Å². The van der Waals surface area contributed by atoms with Crippen LogP contribution >= 0.6 is 11.3 Å². The van der Waals surface area contributed by atoms with E-state index in [-0.39, 0.29) is 16.8 Å². The molecule has 0 fully saturated rings. The summed E-state index contributed by atoms with van der Waals surface area (Å²) in [6, 6.07) is 15.9. The van der Waals surface area contributed by atoms with Gasteiger partial charge in [-0.3, -0.25) is 4.79 Å². The maximum Gasteiger partial charge on any atom is 0.270 e. The van der Waals surface area contributed by atoms with Crippen LogP contribution in [-0.4, -0.2) is 25.9 Å². The van der Waals surface area contributed by atoms with Crippen molar-refractivity contribution in [1.82, 2.24) is 10.3 Å². The third-order valence-electron chi connectivity index (χ3n) is 4.32. The number of nitrogens with two attached hydrogens (primary N) is 2. The molecule has 0 aliphatic carbocycles. The molecule has 1 unspecified atom stereocenters. The van der Waals surface area contributed by atoms with E-state index in [4.69, 9.17) is 10.9 Å². The average molecular weight is 431 g/mol. The van der Waals surface area contributed by atoms with E-state index in [1.54, 1.807) is 17.5 Å². The van der Waals surface area contributed by atoms with Gasteiger partial charge in [-0.2, -0.15) is 0 Å². The topological polar surface area (TPSA) is 128 Å². The van der Waals surface area contributed by atoms with E-state index < -0.39 is 10.0 Å². The third kappa shape index (κ3) is 5.94. The smallest absolute Gasteiger partial charge is 0.270 e. The summed E-state index contributed by atoms with van der Waals surface area (Å²) in [4.78, 5) is 16.7. The fourth-order valence-electron chi connectivity index (χ4n) is 2.77. The van der Waals surface area contributed by atoms with Crippen molar-refractivity contribution in [3.05, 3.63) is 81.8 Å². The molecule has 1 amide bonds. The molecular weight excluding hydrogens is 408 g/mol. The van der Waals surface area contributed by atoms with Crippen LogP contribution in [-0.2, 0) is 22.9 Å². The Morgan fingerprint density at radius 2 is 1.76 bits per heavy atom. The van der Waals surface area contributed by atoms with Crippen LogP contribution in [0.5, 0.6) is 0 Å². The van der Waals surface area contributed by atoms with Gasteiger partial charge in [0.25, 0.3) is 5.91 Å². The van der Waals surface area contributed by atoms with Gasteiger partial charge in [0.1, 0.15) is 10.7 Å². The predicted octanol–water partition coefficient (Wildman–Crippen LogP) is 2.01. The number of carbonyl (C=O) groups is 1. The van der Waals surface area contributed by atoms with Crippen LogP contribution in [0.4, 0.5) is 0 Å². The van der Waals surface area contributed by atoms with Gasteiger partial charge >= 0.3 is 0 Å². The molecule has 2 aromatic carbocycles. The van der Waals surface area contributed by atoms with Gasteiger partial charge < -0.3 is 11.1 Å². The number of aromatic nitrogens is 1. The van der Waals surface area contributed by atoms with Gasteiger partial charge in [-0.05, 0) is 36.1 Å². The van der Waals surface area contributed by atoms with E-state index in [0.29, 0.717) is 25.1 Å². The van der Waals surface area contributed by atoms with Crippen LogP contribution in [0.1, 0.15) is 32.7 Å². The quantitative estimate of drug-likeness (QED) is 0.503. The van der Waals surface area contributed by atoms with E-state index in [1.165, 1.54) is 23.5 Å². The molecule has 152 valence electrons. The van der Waals surface area contributed by atoms with Gasteiger partial charge in [-0.25, -0.2) is 18.5 Å². The lowest BCUT2D eigenvalue weighted by molar-refractivity contribution is 0.0949. The molecule has 29 heavy (non-hydrogen) atoms. The molecule has 0 radical (unpaired) electrons. The second-order valence-electron chi connectivity index (χ2n) is 6.56. The average Bonchev–Trinajstić information content (AvgIpc) is 3.19. The number of rotatable bonds is 8. The zero-order valence-corrected chi connectivity index (χ0v) is 17.2. The number of sulfonamides is 1. The number of amides is 1. The molecule has 1 atom stereocenters. The summed E-state index contributed by atoms with van der Waals surface area (Å²) in [5, 5.41) is 10.3. The highest BCUT2D eigenvalue weighted by molar-refractivity contribution is 7.89. The van der Waals surface area contributed by atoms with Crippen molar-refractivity contribution in [3.63, 3.8) is 0 Å². The minimum Gasteiger partial charge on any atom is -0.350 e. The van der Waals surface area contributed by atoms with E-state index in [9.17, 15) is 13.2 Å². The minimum absolute atomic E-state index is 0.0622. The first kappa shape index (κ1) is 21.1. The molecule has 0 aliphatic heterocycles. The van der Waals surface area contributed by atoms with Crippen molar-refractivity contribution < 1.29 is 13.2 Å². The van der Waals surface area contributed by atoms with Crippen LogP contribution in [0.3, 0.4) is 0 Å². The maximum atomic E-state index is 12.3. The summed E-state index contributed by atoms with van der Waals surface area (Å²) >= 11 is 1.37. The Kier molecular flexibility index (Phi) is 6.75. The minimum atomic E-state index is -3.70. The van der Waals surface area contributed by atoms with Crippen molar-refractivity contribution in [1.29, 1.82) is 0 Å². The summed E-state index contributed by atoms with van der Waals surface area (Å²) < 4.78 is 22.5. The standard InChI is InChI=1S/C20H22N4O3S2/c21-17(12-15-4-2-1-3-5-15)20-24-18(13-28-20)19(25)23-11-10-14-6-8-16(9-7-14)29(22,26)27/h1-9,13,17H,10-12,21H2,(H,23,25)(H2,22,26,27). The highest BCUT2D eigenvalue weighted by atomic mass is 32.2. The summed E-state index contributed by atoms with van der Waals surface area (Å²) in [5.74, 6) is -0.263. The summed E-state index contributed by atoms with van der Waals surface area (Å²) in [5.41, 5.74) is 8.58. The van der Waals surface area contributed by atoms with Gasteiger partial charge in [0.05, 0.1) is 10.9 Å². The third-order valence-corrected chi connectivity index (χ3v) is 6.23. The Bertz CT molecular complexity index is 1060. The highest BCUT2D eigenvalue weighted by Gasteiger charge is 2.15. The first-order chi connectivity index (χ1) is 13.8. The molecule has 9 heteroatoms. The van der Waals surface area contributed by atoms with Crippen LogP contribution in [0.25, 0.3) is 0 Å². The monoisotopic (exact) mass is 430 g/mol. The number of benzene rings is 2. The number of thiazole rings is 1. The molecule has 0 saturated carbocycles. The second-order valence-corrected chi connectivity index (χ2v) is 9.01. The normalized spacial score (nSPS) is 12.5. The van der Waals surface area contributed by atoms with E-state index in [0.717, 1.165) is 16.1 Å². The van der Waals surface area contributed by atoms with Crippen molar-refractivity contribution >= 4 is 27.3 Å². The van der Waals surface area contributed by atoms with Crippen molar-refractivity contribution in [2.45, 2.75) is 23.8 Å². The summed E-state index contributed by atoms with van der Waals surface area (Å²) in [6.07, 6.45) is 1.21. The zero-order chi connectivity index (χ0) is 20.9. The SMILES string of the molecule is NC(Cc1ccccc1)c1nc(C(=O)NCCc2ccc(S(N)(=O)=O)cc2)cs1. The number of nitrogens with zero attached hydrogens (tertiary/aromatic N) is 1. The Hall–Kier alpha value is -2.59. The largest absolute Gasteiger partial charge is 0.350 e. The first-order valence-electron chi connectivity index (χ1n) is 8.98. The molecule has 0 aliphatic rings. The predicted molar refractivity (Wildman–Crippen MR) is 113 cm³/mol. The first-order valence-corrected chi connectivity index (χ1v) is 11.4. The zero-order valence-electron chi connectivity index (χ0n) is 15.6. The van der Waals surface area contributed by atoms with Gasteiger partial charge in [0, 0.05) is 11.9 Å². The van der Waals surface area contributed by atoms with E-state index in [2.05, 4.69) is 10.3 Å². The van der Waals surface area contributed by atoms with Crippen molar-refractivity contribution in [2.75, 3.05) is 6.54 Å².